The standard InChI is InChI=1S/C10H12BrF2NO.C2H6/c1-5(2)7-3-6(15-10(12)13)4-8(11)9(7)14;1-2/h3-5,10H,14H2,1-2H3;1-2H3. The maximum atomic E-state index is 12.0. The van der Waals surface area contributed by atoms with Gasteiger partial charge in [0.15, 0.2) is 0 Å². The van der Waals surface area contributed by atoms with E-state index >= 15 is 0 Å². The summed E-state index contributed by atoms with van der Waals surface area (Å²) in [5.41, 5.74) is 7.15. The fraction of sp³-hybridized carbons (Fsp3) is 0.500. The molecule has 0 amide bonds. The number of benzene rings is 1. The molecule has 5 heteroatoms. The highest BCUT2D eigenvalue weighted by atomic mass is 79.9. The Bertz CT molecular complexity index is 357. The first-order valence-corrected chi connectivity index (χ1v) is 6.24. The third kappa shape index (κ3) is 4.89. The topological polar surface area (TPSA) is 35.2 Å². The summed E-state index contributed by atoms with van der Waals surface area (Å²) in [5, 5.41) is 0. The minimum atomic E-state index is -2.82. The van der Waals surface area contributed by atoms with Gasteiger partial charge in [0.05, 0.1) is 0 Å². The van der Waals surface area contributed by atoms with Crippen molar-refractivity contribution in [2.45, 2.75) is 40.2 Å². The summed E-state index contributed by atoms with van der Waals surface area (Å²) >= 11 is 3.21. The lowest BCUT2D eigenvalue weighted by molar-refractivity contribution is -0.0499. The lowest BCUT2D eigenvalue weighted by Crippen LogP contribution is -2.04. The van der Waals surface area contributed by atoms with Crippen LogP contribution in [0.15, 0.2) is 16.6 Å². The summed E-state index contributed by atoms with van der Waals surface area (Å²) < 4.78 is 28.9. The minimum Gasteiger partial charge on any atom is -0.435 e. The molecule has 0 fully saturated rings. The van der Waals surface area contributed by atoms with E-state index in [9.17, 15) is 8.78 Å². The summed E-state index contributed by atoms with van der Waals surface area (Å²) in [4.78, 5) is 0. The van der Waals surface area contributed by atoms with Gasteiger partial charge in [-0.2, -0.15) is 8.78 Å². The fourth-order valence-electron chi connectivity index (χ4n) is 1.26. The van der Waals surface area contributed by atoms with Gasteiger partial charge < -0.3 is 10.5 Å². The van der Waals surface area contributed by atoms with Gasteiger partial charge in [-0.3, -0.25) is 0 Å². The molecule has 0 aliphatic carbocycles. The van der Waals surface area contributed by atoms with E-state index in [1.54, 1.807) is 0 Å². The Labute approximate surface area is 109 Å². The van der Waals surface area contributed by atoms with Crippen molar-refractivity contribution in [3.63, 3.8) is 0 Å². The van der Waals surface area contributed by atoms with E-state index in [2.05, 4.69) is 20.7 Å². The van der Waals surface area contributed by atoms with Gasteiger partial charge in [0.1, 0.15) is 5.75 Å². The van der Waals surface area contributed by atoms with Crippen LogP contribution in [0.2, 0.25) is 0 Å². The highest BCUT2D eigenvalue weighted by molar-refractivity contribution is 9.10. The van der Waals surface area contributed by atoms with Crippen molar-refractivity contribution in [3.8, 4) is 5.75 Å². The Kier molecular flexibility index (Phi) is 7.11. The van der Waals surface area contributed by atoms with Crippen molar-refractivity contribution < 1.29 is 13.5 Å². The van der Waals surface area contributed by atoms with Crippen LogP contribution >= 0.6 is 15.9 Å². The van der Waals surface area contributed by atoms with Crippen LogP contribution in [0.25, 0.3) is 0 Å². The van der Waals surface area contributed by atoms with E-state index in [0.717, 1.165) is 5.56 Å². The molecule has 0 aromatic heterocycles. The molecule has 2 N–H and O–H groups in total. The van der Waals surface area contributed by atoms with Crippen LogP contribution in [0.3, 0.4) is 0 Å². The van der Waals surface area contributed by atoms with E-state index in [4.69, 9.17) is 5.73 Å². The predicted molar refractivity (Wildman–Crippen MR) is 70.6 cm³/mol. The molecule has 0 radical (unpaired) electrons. The summed E-state index contributed by atoms with van der Waals surface area (Å²) in [7, 11) is 0. The first kappa shape index (κ1) is 16.2. The lowest BCUT2D eigenvalue weighted by Gasteiger charge is -2.13. The molecular formula is C12H18BrF2NO. The highest BCUT2D eigenvalue weighted by Gasteiger charge is 2.12. The number of halogens is 3. The Morgan fingerprint density at radius 2 is 1.76 bits per heavy atom. The van der Waals surface area contributed by atoms with Crippen LogP contribution in [-0.4, -0.2) is 6.61 Å². The molecule has 0 aliphatic heterocycles. The van der Waals surface area contributed by atoms with Crippen LogP contribution in [-0.2, 0) is 0 Å². The van der Waals surface area contributed by atoms with Crippen molar-refractivity contribution >= 4 is 21.6 Å². The summed E-state index contributed by atoms with van der Waals surface area (Å²) in [5.74, 6) is 0.275. The molecule has 0 aliphatic rings. The first-order chi connectivity index (χ1) is 7.91. The van der Waals surface area contributed by atoms with E-state index in [-0.39, 0.29) is 11.7 Å². The number of rotatable bonds is 3. The van der Waals surface area contributed by atoms with E-state index in [0.29, 0.717) is 10.2 Å². The third-order valence-electron chi connectivity index (χ3n) is 1.98. The normalized spacial score (nSPS) is 10.2. The molecule has 98 valence electrons. The summed E-state index contributed by atoms with van der Waals surface area (Å²) in [6.45, 7) is 5.05. The molecule has 0 atom stereocenters. The van der Waals surface area contributed by atoms with E-state index in [1.807, 2.05) is 27.7 Å². The quantitative estimate of drug-likeness (QED) is 0.815. The maximum Gasteiger partial charge on any atom is 0.387 e. The van der Waals surface area contributed by atoms with Crippen LogP contribution < -0.4 is 10.5 Å². The summed E-state index contributed by atoms with van der Waals surface area (Å²) in [6.07, 6.45) is 0. The van der Waals surface area contributed by atoms with Crippen LogP contribution in [0.5, 0.6) is 5.75 Å². The smallest absolute Gasteiger partial charge is 0.387 e. The summed E-state index contributed by atoms with van der Waals surface area (Å²) in [6, 6.07) is 2.98. The molecule has 0 saturated carbocycles. The average molecular weight is 310 g/mol. The van der Waals surface area contributed by atoms with Crippen LogP contribution in [0.1, 0.15) is 39.2 Å². The van der Waals surface area contributed by atoms with Gasteiger partial charge in [-0.05, 0) is 39.5 Å². The molecule has 0 spiro atoms. The van der Waals surface area contributed by atoms with Crippen molar-refractivity contribution in [2.24, 2.45) is 0 Å². The van der Waals surface area contributed by atoms with Crippen molar-refractivity contribution in [2.75, 3.05) is 5.73 Å². The molecule has 1 aromatic carbocycles. The zero-order chi connectivity index (χ0) is 13.6. The molecular weight excluding hydrogens is 292 g/mol. The van der Waals surface area contributed by atoms with Crippen molar-refractivity contribution in [1.82, 2.24) is 0 Å². The molecule has 0 unspecified atom stereocenters. The monoisotopic (exact) mass is 309 g/mol. The zero-order valence-corrected chi connectivity index (χ0v) is 12.0. The largest absolute Gasteiger partial charge is 0.435 e. The number of alkyl halides is 2. The zero-order valence-electron chi connectivity index (χ0n) is 10.4. The SMILES string of the molecule is CC.CC(C)c1cc(OC(F)F)cc(Br)c1N. The Balaban J connectivity index is 0.00000121. The van der Waals surface area contributed by atoms with Gasteiger partial charge in [-0.1, -0.05) is 27.7 Å². The Morgan fingerprint density at radius 1 is 1.24 bits per heavy atom. The van der Waals surface area contributed by atoms with Crippen LogP contribution in [0, 0.1) is 0 Å². The minimum absolute atomic E-state index is 0.120. The Hall–Kier alpha value is -0.840. The van der Waals surface area contributed by atoms with Gasteiger partial charge in [-0.25, -0.2) is 0 Å². The molecule has 0 heterocycles. The number of nitrogen functional groups attached to an aromatic ring is 1. The van der Waals surface area contributed by atoms with Gasteiger partial charge >= 0.3 is 6.61 Å². The third-order valence-corrected chi connectivity index (χ3v) is 2.64. The van der Waals surface area contributed by atoms with Crippen molar-refractivity contribution in [3.05, 3.63) is 22.2 Å². The number of anilines is 1. The maximum absolute atomic E-state index is 12.0. The fourth-order valence-corrected chi connectivity index (χ4v) is 1.72. The van der Waals surface area contributed by atoms with Gasteiger partial charge in [0.2, 0.25) is 0 Å². The number of hydrogen-bond acceptors (Lipinski definition) is 2. The lowest BCUT2D eigenvalue weighted by atomic mass is 10.0. The number of ether oxygens (including phenoxy) is 1. The molecule has 1 rings (SSSR count). The Morgan fingerprint density at radius 3 is 2.18 bits per heavy atom. The second kappa shape index (κ2) is 7.48. The highest BCUT2D eigenvalue weighted by Crippen LogP contribution is 2.34. The average Bonchev–Trinajstić information content (AvgIpc) is 2.24. The second-order valence-electron chi connectivity index (χ2n) is 3.44. The molecule has 0 saturated heterocycles. The predicted octanol–water partition coefficient (Wildman–Crippen LogP) is 4.78. The van der Waals surface area contributed by atoms with Crippen molar-refractivity contribution in [1.29, 1.82) is 0 Å². The van der Waals surface area contributed by atoms with Crippen LogP contribution in [0.4, 0.5) is 14.5 Å². The number of hydrogen-bond donors (Lipinski definition) is 1. The molecule has 0 bridgehead atoms. The molecule has 2 nitrogen and oxygen atoms in total. The molecule has 17 heavy (non-hydrogen) atoms. The van der Waals surface area contributed by atoms with E-state index in [1.165, 1.54) is 12.1 Å². The number of nitrogens with two attached hydrogens (primary N) is 1. The first-order valence-electron chi connectivity index (χ1n) is 5.45. The van der Waals surface area contributed by atoms with Gasteiger partial charge in [0, 0.05) is 10.2 Å². The van der Waals surface area contributed by atoms with E-state index < -0.39 is 6.61 Å². The molecule has 1 aromatic rings. The van der Waals surface area contributed by atoms with Gasteiger partial charge in [0.25, 0.3) is 0 Å². The van der Waals surface area contributed by atoms with Gasteiger partial charge in [-0.15, -0.1) is 0 Å². The second-order valence-corrected chi connectivity index (χ2v) is 4.30.